The Hall–Kier alpha value is -2.54. The Kier molecular flexibility index (Phi) is 3.74. The molecule has 3 aromatic rings. The number of carbonyl (C=O) groups excluding carboxylic acids is 1. The van der Waals surface area contributed by atoms with Crippen molar-refractivity contribution in [3.63, 3.8) is 0 Å². The Bertz CT molecular complexity index is 725. The molecule has 7 heteroatoms. The molecule has 3 aromatic heterocycles. The summed E-state index contributed by atoms with van der Waals surface area (Å²) < 4.78 is 5.19. The molecule has 1 atom stereocenters. The van der Waals surface area contributed by atoms with Gasteiger partial charge in [-0.3, -0.25) is 9.78 Å². The van der Waals surface area contributed by atoms with Crippen LogP contribution in [-0.4, -0.2) is 21.0 Å². The molecule has 3 heterocycles. The molecule has 0 radical (unpaired) electrons. The Morgan fingerprint density at radius 1 is 1.33 bits per heavy atom. The summed E-state index contributed by atoms with van der Waals surface area (Å²) in [7, 11) is 0. The molecular formula is C14H12N4O2S. The third-order valence-electron chi connectivity index (χ3n) is 2.80. The quantitative estimate of drug-likeness (QED) is 0.801. The van der Waals surface area contributed by atoms with Gasteiger partial charge in [0.1, 0.15) is 11.7 Å². The second-order valence-electron chi connectivity index (χ2n) is 4.34. The SMILES string of the molecule is C[C@H](NC(=O)c1cccs1)c1nc(-c2ccccn2)no1. The first-order valence-electron chi connectivity index (χ1n) is 6.33. The topological polar surface area (TPSA) is 80.9 Å². The van der Waals surface area contributed by atoms with Crippen LogP contribution in [-0.2, 0) is 0 Å². The van der Waals surface area contributed by atoms with E-state index in [4.69, 9.17) is 4.52 Å². The molecule has 1 N–H and O–H groups in total. The van der Waals surface area contributed by atoms with Gasteiger partial charge in [0.05, 0.1) is 4.88 Å². The molecular weight excluding hydrogens is 288 g/mol. The smallest absolute Gasteiger partial charge is 0.261 e. The Balaban J connectivity index is 1.73. The first kappa shape index (κ1) is 13.4. The minimum atomic E-state index is -0.371. The van der Waals surface area contributed by atoms with E-state index in [-0.39, 0.29) is 11.9 Å². The number of thiophene rings is 1. The summed E-state index contributed by atoms with van der Waals surface area (Å²) in [6.07, 6.45) is 1.66. The highest BCUT2D eigenvalue weighted by Crippen LogP contribution is 2.17. The van der Waals surface area contributed by atoms with Gasteiger partial charge in [-0.05, 0) is 30.5 Å². The molecule has 0 fully saturated rings. The highest BCUT2D eigenvalue weighted by atomic mass is 32.1. The number of carbonyl (C=O) groups is 1. The first-order valence-corrected chi connectivity index (χ1v) is 7.21. The van der Waals surface area contributed by atoms with Crippen LogP contribution in [0.3, 0.4) is 0 Å². The number of hydrogen-bond acceptors (Lipinski definition) is 6. The number of aromatic nitrogens is 3. The van der Waals surface area contributed by atoms with E-state index < -0.39 is 0 Å². The summed E-state index contributed by atoms with van der Waals surface area (Å²) in [5, 5.41) is 8.55. The number of nitrogens with one attached hydrogen (secondary N) is 1. The van der Waals surface area contributed by atoms with Crippen LogP contribution < -0.4 is 5.32 Å². The van der Waals surface area contributed by atoms with Crippen LogP contribution in [0.2, 0.25) is 0 Å². The average molecular weight is 300 g/mol. The molecule has 0 saturated heterocycles. The molecule has 0 bridgehead atoms. The van der Waals surface area contributed by atoms with Crippen molar-refractivity contribution < 1.29 is 9.32 Å². The zero-order chi connectivity index (χ0) is 14.7. The number of pyridine rings is 1. The molecule has 0 aliphatic heterocycles. The second-order valence-corrected chi connectivity index (χ2v) is 5.29. The third-order valence-corrected chi connectivity index (χ3v) is 3.67. The van der Waals surface area contributed by atoms with Gasteiger partial charge in [-0.1, -0.05) is 17.3 Å². The summed E-state index contributed by atoms with van der Waals surface area (Å²) in [5.41, 5.74) is 0.629. The van der Waals surface area contributed by atoms with Gasteiger partial charge in [0.15, 0.2) is 0 Å². The summed E-state index contributed by atoms with van der Waals surface area (Å²) in [6.45, 7) is 1.79. The van der Waals surface area contributed by atoms with E-state index in [0.717, 1.165) is 0 Å². The highest BCUT2D eigenvalue weighted by Gasteiger charge is 2.18. The zero-order valence-corrected chi connectivity index (χ0v) is 12.0. The molecule has 0 saturated carbocycles. The third kappa shape index (κ3) is 2.97. The van der Waals surface area contributed by atoms with Crippen molar-refractivity contribution in [1.29, 1.82) is 0 Å². The van der Waals surface area contributed by atoms with E-state index in [2.05, 4.69) is 20.4 Å². The standard InChI is InChI=1S/C14H12N4O2S/c1-9(16-13(19)11-6-4-8-21-11)14-17-12(18-20-14)10-5-2-3-7-15-10/h2-9H,1H3,(H,16,19)/t9-/m0/s1. The van der Waals surface area contributed by atoms with Crippen molar-refractivity contribution in [2.75, 3.05) is 0 Å². The van der Waals surface area contributed by atoms with Crippen LogP contribution in [0.5, 0.6) is 0 Å². The predicted octanol–water partition coefficient (Wildman–Crippen LogP) is 2.68. The lowest BCUT2D eigenvalue weighted by Gasteiger charge is -2.07. The fourth-order valence-corrected chi connectivity index (χ4v) is 2.37. The van der Waals surface area contributed by atoms with Crippen LogP contribution in [0.4, 0.5) is 0 Å². The van der Waals surface area contributed by atoms with Gasteiger partial charge >= 0.3 is 0 Å². The highest BCUT2D eigenvalue weighted by molar-refractivity contribution is 7.12. The molecule has 21 heavy (non-hydrogen) atoms. The zero-order valence-electron chi connectivity index (χ0n) is 11.2. The van der Waals surface area contributed by atoms with E-state index in [0.29, 0.717) is 22.3 Å². The maximum absolute atomic E-state index is 12.0. The first-order chi connectivity index (χ1) is 10.2. The normalized spacial score (nSPS) is 12.0. The maximum Gasteiger partial charge on any atom is 0.261 e. The van der Waals surface area contributed by atoms with E-state index in [1.165, 1.54) is 11.3 Å². The lowest BCUT2D eigenvalue weighted by molar-refractivity contribution is 0.0936. The Morgan fingerprint density at radius 3 is 2.95 bits per heavy atom. The van der Waals surface area contributed by atoms with Crippen LogP contribution in [0, 0.1) is 0 Å². The van der Waals surface area contributed by atoms with E-state index >= 15 is 0 Å². The minimum Gasteiger partial charge on any atom is -0.340 e. The minimum absolute atomic E-state index is 0.157. The predicted molar refractivity (Wildman–Crippen MR) is 77.7 cm³/mol. The van der Waals surface area contributed by atoms with Gasteiger partial charge < -0.3 is 9.84 Å². The van der Waals surface area contributed by atoms with Crippen molar-refractivity contribution >= 4 is 17.2 Å². The van der Waals surface area contributed by atoms with Crippen molar-refractivity contribution in [2.24, 2.45) is 0 Å². The van der Waals surface area contributed by atoms with E-state index in [9.17, 15) is 4.79 Å². The van der Waals surface area contributed by atoms with Crippen LogP contribution in [0.25, 0.3) is 11.5 Å². The van der Waals surface area contributed by atoms with Gasteiger partial charge in [0.25, 0.3) is 5.91 Å². The molecule has 0 unspecified atom stereocenters. The fourth-order valence-electron chi connectivity index (χ4n) is 1.75. The number of hydrogen-bond donors (Lipinski definition) is 1. The Labute approximate surface area is 124 Å². The number of rotatable bonds is 4. The van der Waals surface area contributed by atoms with E-state index in [1.54, 1.807) is 25.3 Å². The van der Waals surface area contributed by atoms with Gasteiger partial charge in [-0.15, -0.1) is 11.3 Å². The molecule has 0 aliphatic carbocycles. The average Bonchev–Trinajstić information content (AvgIpc) is 3.20. The van der Waals surface area contributed by atoms with E-state index in [1.807, 2.05) is 23.6 Å². The number of amides is 1. The van der Waals surface area contributed by atoms with Gasteiger partial charge in [-0.25, -0.2) is 0 Å². The van der Waals surface area contributed by atoms with Gasteiger partial charge in [-0.2, -0.15) is 4.98 Å². The van der Waals surface area contributed by atoms with Crippen LogP contribution in [0.15, 0.2) is 46.4 Å². The van der Waals surface area contributed by atoms with Crippen molar-refractivity contribution in [2.45, 2.75) is 13.0 Å². The van der Waals surface area contributed by atoms with Crippen LogP contribution >= 0.6 is 11.3 Å². The summed E-state index contributed by atoms with van der Waals surface area (Å²) in [6, 6.07) is 8.68. The molecule has 0 aliphatic rings. The maximum atomic E-state index is 12.0. The molecule has 3 rings (SSSR count). The lowest BCUT2D eigenvalue weighted by Crippen LogP contribution is -2.26. The molecule has 0 spiro atoms. The fraction of sp³-hybridized carbons (Fsp3) is 0.143. The lowest BCUT2D eigenvalue weighted by atomic mass is 10.3. The van der Waals surface area contributed by atoms with Gasteiger partial charge in [0, 0.05) is 6.20 Å². The molecule has 1 amide bonds. The van der Waals surface area contributed by atoms with Gasteiger partial charge in [0.2, 0.25) is 11.7 Å². The van der Waals surface area contributed by atoms with Crippen LogP contribution in [0.1, 0.15) is 28.5 Å². The Morgan fingerprint density at radius 2 is 2.24 bits per heavy atom. The molecule has 6 nitrogen and oxygen atoms in total. The largest absolute Gasteiger partial charge is 0.340 e. The van der Waals surface area contributed by atoms with Crippen molar-refractivity contribution in [3.05, 3.63) is 52.7 Å². The second kappa shape index (κ2) is 5.84. The summed E-state index contributed by atoms with van der Waals surface area (Å²) in [4.78, 5) is 21.0. The monoisotopic (exact) mass is 300 g/mol. The molecule has 0 aromatic carbocycles. The molecule has 106 valence electrons. The van der Waals surface area contributed by atoms with Crippen molar-refractivity contribution in [3.8, 4) is 11.5 Å². The number of nitrogens with zero attached hydrogens (tertiary/aromatic N) is 3. The van der Waals surface area contributed by atoms with Crippen molar-refractivity contribution in [1.82, 2.24) is 20.4 Å². The summed E-state index contributed by atoms with van der Waals surface area (Å²) >= 11 is 1.38. The summed E-state index contributed by atoms with van der Waals surface area (Å²) in [5.74, 6) is 0.596.